The highest BCUT2D eigenvalue weighted by Gasteiger charge is 2.33. The van der Waals surface area contributed by atoms with Crippen LogP contribution in [0.15, 0.2) is 42.5 Å². The largest absolute Gasteiger partial charge is 0.389 e. The van der Waals surface area contributed by atoms with Crippen LogP contribution in [0.5, 0.6) is 0 Å². The molecule has 2 aromatic carbocycles. The van der Waals surface area contributed by atoms with Crippen LogP contribution < -0.4 is 5.32 Å². The number of carbonyl (C=O) groups excluding carboxylic acids is 1. The average Bonchev–Trinajstić information content (AvgIpc) is 2.67. The zero-order valence-corrected chi connectivity index (χ0v) is 16.5. The van der Waals surface area contributed by atoms with E-state index in [4.69, 9.17) is 16.3 Å². The van der Waals surface area contributed by atoms with Crippen LogP contribution in [0.3, 0.4) is 0 Å². The molecule has 1 aliphatic rings. The number of rotatable bonds is 7. The van der Waals surface area contributed by atoms with Gasteiger partial charge in [-0.3, -0.25) is 4.79 Å². The summed E-state index contributed by atoms with van der Waals surface area (Å²) < 4.78 is 18.9. The van der Waals surface area contributed by atoms with Gasteiger partial charge in [-0.05, 0) is 41.3 Å². The second-order valence-corrected chi connectivity index (χ2v) is 7.25. The van der Waals surface area contributed by atoms with Gasteiger partial charge < -0.3 is 20.1 Å². The molecule has 0 radical (unpaired) electrons. The Morgan fingerprint density at radius 1 is 1.36 bits per heavy atom. The van der Waals surface area contributed by atoms with Crippen molar-refractivity contribution in [2.75, 3.05) is 33.4 Å². The van der Waals surface area contributed by atoms with Crippen LogP contribution in [0.2, 0.25) is 5.02 Å². The average molecular weight is 407 g/mol. The number of hydrogen-bond acceptors (Lipinski definition) is 4. The van der Waals surface area contributed by atoms with Gasteiger partial charge in [0, 0.05) is 25.2 Å². The number of nitrogens with one attached hydrogen (secondary N) is 1. The Kier molecular flexibility index (Phi) is 7.02. The summed E-state index contributed by atoms with van der Waals surface area (Å²) in [5.41, 5.74) is 2.54. The van der Waals surface area contributed by atoms with E-state index < -0.39 is 12.1 Å². The SMILES string of the molecule is COC[C@@H](O)CNCC(=O)N1CCc2ccc(F)cc2C1c1ccccc1Cl. The molecular formula is C21H24ClFN2O3. The summed E-state index contributed by atoms with van der Waals surface area (Å²) in [5.74, 6) is -0.477. The molecule has 28 heavy (non-hydrogen) atoms. The Morgan fingerprint density at radius 3 is 2.89 bits per heavy atom. The molecule has 1 aliphatic heterocycles. The van der Waals surface area contributed by atoms with Gasteiger partial charge in [-0.15, -0.1) is 0 Å². The molecule has 2 aromatic rings. The van der Waals surface area contributed by atoms with Crippen LogP contribution in [-0.4, -0.2) is 55.4 Å². The molecule has 7 heteroatoms. The molecule has 2 N–H and O–H groups in total. The van der Waals surface area contributed by atoms with Crippen molar-refractivity contribution in [1.82, 2.24) is 10.2 Å². The van der Waals surface area contributed by atoms with Gasteiger partial charge in [-0.2, -0.15) is 0 Å². The van der Waals surface area contributed by atoms with Crippen LogP contribution in [-0.2, 0) is 16.0 Å². The van der Waals surface area contributed by atoms with Crippen molar-refractivity contribution in [3.63, 3.8) is 0 Å². The summed E-state index contributed by atoms with van der Waals surface area (Å²) in [6.07, 6.45) is -0.0393. The first kappa shape index (κ1) is 20.7. The van der Waals surface area contributed by atoms with Gasteiger partial charge in [0.25, 0.3) is 0 Å². The number of hydrogen-bond donors (Lipinski definition) is 2. The van der Waals surface area contributed by atoms with E-state index in [1.165, 1.54) is 19.2 Å². The minimum absolute atomic E-state index is 0.0619. The van der Waals surface area contributed by atoms with Gasteiger partial charge in [0.05, 0.1) is 25.3 Å². The third-order valence-electron chi connectivity index (χ3n) is 4.87. The smallest absolute Gasteiger partial charge is 0.237 e. The fraction of sp³-hybridized carbons (Fsp3) is 0.381. The van der Waals surface area contributed by atoms with E-state index in [2.05, 4.69) is 5.32 Å². The van der Waals surface area contributed by atoms with Crippen molar-refractivity contribution >= 4 is 17.5 Å². The lowest BCUT2D eigenvalue weighted by atomic mass is 9.88. The standard InChI is InChI=1S/C21H24ClFN2O3/c1-28-13-16(26)11-24-12-20(27)25-9-8-14-6-7-15(23)10-18(14)21(25)17-4-2-3-5-19(17)22/h2-7,10,16,21,24,26H,8-9,11-13H2,1H3/t16-,21?/m0/s1. The maximum Gasteiger partial charge on any atom is 0.237 e. The van der Waals surface area contributed by atoms with E-state index in [0.717, 1.165) is 16.7 Å². The monoisotopic (exact) mass is 406 g/mol. The molecule has 2 atom stereocenters. The molecule has 1 unspecified atom stereocenters. The zero-order chi connectivity index (χ0) is 20.1. The molecule has 0 bridgehead atoms. The Hall–Kier alpha value is -1.99. The molecule has 0 fully saturated rings. The van der Waals surface area contributed by atoms with Crippen molar-refractivity contribution in [3.8, 4) is 0 Å². The first-order valence-electron chi connectivity index (χ1n) is 9.21. The topological polar surface area (TPSA) is 61.8 Å². The molecule has 150 valence electrons. The minimum atomic E-state index is -0.687. The lowest BCUT2D eigenvalue weighted by Gasteiger charge is -2.38. The quantitative estimate of drug-likeness (QED) is 0.741. The van der Waals surface area contributed by atoms with E-state index in [9.17, 15) is 14.3 Å². The predicted octanol–water partition coefficient (Wildman–Crippen LogP) is 2.55. The summed E-state index contributed by atoms with van der Waals surface area (Å²) >= 11 is 6.42. The van der Waals surface area contributed by atoms with E-state index in [1.807, 2.05) is 18.2 Å². The Balaban J connectivity index is 1.85. The number of ether oxygens (including phenoxy) is 1. The van der Waals surface area contributed by atoms with Crippen LogP contribution in [0.4, 0.5) is 4.39 Å². The number of halogens is 2. The highest BCUT2D eigenvalue weighted by Crippen LogP contribution is 2.38. The second-order valence-electron chi connectivity index (χ2n) is 6.84. The molecule has 1 amide bonds. The van der Waals surface area contributed by atoms with E-state index in [0.29, 0.717) is 18.0 Å². The molecular weight excluding hydrogens is 383 g/mol. The number of carbonyl (C=O) groups is 1. The van der Waals surface area contributed by atoms with Gasteiger partial charge in [0.2, 0.25) is 5.91 Å². The fourth-order valence-electron chi connectivity index (χ4n) is 3.59. The number of benzene rings is 2. The third kappa shape index (κ3) is 4.70. The molecule has 0 aromatic heterocycles. The summed E-state index contributed by atoms with van der Waals surface area (Å²) in [5, 5.41) is 13.2. The van der Waals surface area contributed by atoms with Crippen molar-refractivity contribution in [1.29, 1.82) is 0 Å². The molecule has 0 spiro atoms. The minimum Gasteiger partial charge on any atom is -0.389 e. The first-order chi connectivity index (χ1) is 13.5. The summed E-state index contributed by atoms with van der Waals surface area (Å²) in [4.78, 5) is 14.7. The lowest BCUT2D eigenvalue weighted by molar-refractivity contribution is -0.132. The Morgan fingerprint density at radius 2 is 2.14 bits per heavy atom. The molecule has 0 aliphatic carbocycles. The Bertz CT molecular complexity index is 833. The second kappa shape index (κ2) is 9.47. The number of aliphatic hydroxyl groups is 1. The lowest BCUT2D eigenvalue weighted by Crippen LogP contribution is -2.46. The number of nitrogens with zero attached hydrogens (tertiary/aromatic N) is 1. The van der Waals surface area contributed by atoms with Crippen molar-refractivity contribution in [2.24, 2.45) is 0 Å². The predicted molar refractivity (Wildman–Crippen MR) is 106 cm³/mol. The molecule has 0 saturated heterocycles. The molecule has 3 rings (SSSR count). The maximum absolute atomic E-state index is 14.0. The van der Waals surface area contributed by atoms with Gasteiger partial charge in [-0.1, -0.05) is 35.9 Å². The maximum atomic E-state index is 14.0. The normalized spacial score (nSPS) is 17.3. The summed E-state index contributed by atoms with van der Waals surface area (Å²) in [6.45, 7) is 1.01. The molecule has 0 saturated carbocycles. The van der Waals surface area contributed by atoms with Gasteiger partial charge in [0.1, 0.15) is 5.82 Å². The van der Waals surface area contributed by atoms with Crippen molar-refractivity contribution < 1.29 is 19.0 Å². The van der Waals surface area contributed by atoms with Gasteiger partial charge in [-0.25, -0.2) is 4.39 Å². The number of amides is 1. The summed E-state index contributed by atoms with van der Waals surface area (Å²) in [7, 11) is 1.51. The van der Waals surface area contributed by atoms with E-state index >= 15 is 0 Å². The van der Waals surface area contributed by atoms with Crippen LogP contribution >= 0.6 is 11.6 Å². The van der Waals surface area contributed by atoms with Crippen molar-refractivity contribution in [2.45, 2.75) is 18.6 Å². The van der Waals surface area contributed by atoms with Crippen LogP contribution in [0.25, 0.3) is 0 Å². The third-order valence-corrected chi connectivity index (χ3v) is 5.22. The first-order valence-corrected chi connectivity index (χ1v) is 9.59. The highest BCUT2D eigenvalue weighted by atomic mass is 35.5. The van der Waals surface area contributed by atoms with Gasteiger partial charge >= 0.3 is 0 Å². The van der Waals surface area contributed by atoms with Crippen LogP contribution in [0.1, 0.15) is 22.7 Å². The van der Waals surface area contributed by atoms with Gasteiger partial charge in [0.15, 0.2) is 0 Å². The van der Waals surface area contributed by atoms with E-state index in [1.54, 1.807) is 17.0 Å². The van der Waals surface area contributed by atoms with Crippen LogP contribution in [0, 0.1) is 5.82 Å². The Labute approximate surface area is 169 Å². The summed E-state index contributed by atoms with van der Waals surface area (Å²) in [6, 6.07) is 11.6. The molecule has 5 nitrogen and oxygen atoms in total. The number of methoxy groups -OCH3 is 1. The zero-order valence-electron chi connectivity index (χ0n) is 15.7. The number of fused-ring (bicyclic) bond motifs is 1. The van der Waals surface area contributed by atoms with E-state index in [-0.39, 0.29) is 31.4 Å². The highest BCUT2D eigenvalue weighted by molar-refractivity contribution is 6.31. The van der Waals surface area contributed by atoms with Crippen molar-refractivity contribution in [3.05, 3.63) is 70.0 Å². The fourth-order valence-corrected chi connectivity index (χ4v) is 3.82. The number of aliphatic hydroxyl groups excluding tert-OH is 1. The molecule has 1 heterocycles.